The average molecular weight is 261 g/mol. The van der Waals surface area contributed by atoms with Gasteiger partial charge in [-0.25, -0.2) is 0 Å². The third kappa shape index (κ3) is 1.62. The highest BCUT2D eigenvalue weighted by molar-refractivity contribution is 6.23. The van der Waals surface area contributed by atoms with Crippen LogP contribution in [0.5, 0.6) is 0 Å². The number of nitrogens with one attached hydrogen (secondary N) is 1. The van der Waals surface area contributed by atoms with Crippen LogP contribution in [0.3, 0.4) is 0 Å². The summed E-state index contributed by atoms with van der Waals surface area (Å²) in [4.78, 5) is 36.0. The lowest BCUT2D eigenvalue weighted by Gasteiger charge is -2.20. The third-order valence-electron chi connectivity index (χ3n) is 3.52. The third-order valence-corrected chi connectivity index (χ3v) is 3.52. The largest absolute Gasteiger partial charge is 0.315 e. The van der Waals surface area contributed by atoms with Crippen molar-refractivity contribution in [1.29, 1.82) is 0 Å². The van der Waals surface area contributed by atoms with Crippen LogP contribution < -0.4 is 5.32 Å². The SMILES string of the molecule is O=C1c2cccc([N+](=O)[O-])c2C(=O)N1[C@@H]1CCNC1. The molecule has 1 saturated heterocycles. The number of fused-ring (bicyclic) bond motifs is 1. The lowest BCUT2D eigenvalue weighted by atomic mass is 10.1. The highest BCUT2D eigenvalue weighted by Crippen LogP contribution is 2.32. The average Bonchev–Trinajstić information content (AvgIpc) is 2.98. The number of nitro groups is 1. The van der Waals surface area contributed by atoms with Gasteiger partial charge in [0, 0.05) is 12.6 Å². The van der Waals surface area contributed by atoms with E-state index in [0.29, 0.717) is 13.0 Å². The molecule has 3 rings (SSSR count). The molecular weight excluding hydrogens is 250 g/mol. The quantitative estimate of drug-likeness (QED) is 0.477. The van der Waals surface area contributed by atoms with Crippen molar-refractivity contribution in [3.63, 3.8) is 0 Å². The Balaban J connectivity index is 2.09. The second-order valence-electron chi connectivity index (χ2n) is 4.58. The van der Waals surface area contributed by atoms with Crippen LogP contribution >= 0.6 is 0 Å². The van der Waals surface area contributed by atoms with Gasteiger partial charge in [0.05, 0.1) is 16.5 Å². The van der Waals surface area contributed by atoms with Crippen molar-refractivity contribution in [2.45, 2.75) is 12.5 Å². The first-order valence-corrected chi connectivity index (χ1v) is 5.97. The Kier molecular flexibility index (Phi) is 2.56. The number of hydrogen-bond donors (Lipinski definition) is 1. The summed E-state index contributed by atoms with van der Waals surface area (Å²) in [6, 6.07) is 3.93. The van der Waals surface area contributed by atoms with E-state index < -0.39 is 16.7 Å². The zero-order chi connectivity index (χ0) is 13.6. The predicted molar refractivity (Wildman–Crippen MR) is 64.9 cm³/mol. The van der Waals surface area contributed by atoms with Gasteiger partial charge in [0.15, 0.2) is 0 Å². The van der Waals surface area contributed by atoms with E-state index in [1.54, 1.807) is 0 Å². The second-order valence-corrected chi connectivity index (χ2v) is 4.58. The first-order chi connectivity index (χ1) is 9.11. The van der Waals surface area contributed by atoms with Gasteiger partial charge in [-0.05, 0) is 19.0 Å². The van der Waals surface area contributed by atoms with Crippen LogP contribution in [-0.2, 0) is 0 Å². The van der Waals surface area contributed by atoms with Crippen molar-refractivity contribution in [2.24, 2.45) is 0 Å². The molecule has 2 aliphatic heterocycles. The number of rotatable bonds is 2. The van der Waals surface area contributed by atoms with E-state index >= 15 is 0 Å². The highest BCUT2D eigenvalue weighted by atomic mass is 16.6. The number of nitrogens with zero attached hydrogens (tertiary/aromatic N) is 2. The first-order valence-electron chi connectivity index (χ1n) is 5.97. The molecule has 1 aromatic carbocycles. The molecule has 98 valence electrons. The molecule has 0 radical (unpaired) electrons. The van der Waals surface area contributed by atoms with Crippen LogP contribution in [-0.4, -0.2) is 40.8 Å². The van der Waals surface area contributed by atoms with Crippen molar-refractivity contribution < 1.29 is 14.5 Å². The summed E-state index contributed by atoms with van der Waals surface area (Å²) in [6.45, 7) is 1.28. The normalized spacial score (nSPS) is 21.9. The van der Waals surface area contributed by atoms with Gasteiger partial charge in [0.25, 0.3) is 17.5 Å². The van der Waals surface area contributed by atoms with Crippen LogP contribution in [0, 0.1) is 10.1 Å². The van der Waals surface area contributed by atoms with Crippen molar-refractivity contribution in [2.75, 3.05) is 13.1 Å². The Bertz CT molecular complexity index is 593. The highest BCUT2D eigenvalue weighted by Gasteiger charge is 2.44. The molecule has 7 heteroatoms. The maximum absolute atomic E-state index is 12.3. The summed E-state index contributed by atoms with van der Waals surface area (Å²) in [7, 11) is 0. The Hall–Kier alpha value is -2.28. The van der Waals surface area contributed by atoms with Crippen LogP contribution in [0.15, 0.2) is 18.2 Å². The zero-order valence-corrected chi connectivity index (χ0v) is 9.96. The number of imide groups is 1. The maximum atomic E-state index is 12.3. The molecular formula is C12H11N3O4. The topological polar surface area (TPSA) is 92.5 Å². The fourth-order valence-electron chi connectivity index (χ4n) is 2.63. The number of benzene rings is 1. The number of nitro benzene ring substituents is 1. The van der Waals surface area contributed by atoms with Crippen LogP contribution in [0.2, 0.25) is 0 Å². The zero-order valence-electron chi connectivity index (χ0n) is 9.96. The summed E-state index contributed by atoms with van der Waals surface area (Å²) < 4.78 is 0. The lowest BCUT2D eigenvalue weighted by molar-refractivity contribution is -0.385. The Morgan fingerprint density at radius 3 is 2.74 bits per heavy atom. The molecule has 0 saturated carbocycles. The van der Waals surface area contributed by atoms with E-state index in [-0.39, 0.29) is 22.9 Å². The Labute approximate surface area is 108 Å². The predicted octanol–water partition coefficient (Wildman–Crippen LogP) is 0.553. The Morgan fingerprint density at radius 2 is 2.11 bits per heavy atom. The molecule has 1 aromatic rings. The number of carbonyl (C=O) groups is 2. The molecule has 19 heavy (non-hydrogen) atoms. The van der Waals surface area contributed by atoms with E-state index in [2.05, 4.69) is 5.32 Å². The van der Waals surface area contributed by atoms with Gasteiger partial charge in [-0.2, -0.15) is 0 Å². The summed E-state index contributed by atoms with van der Waals surface area (Å²) >= 11 is 0. The molecule has 2 amide bonds. The molecule has 2 heterocycles. The molecule has 0 aliphatic carbocycles. The van der Waals surface area contributed by atoms with Gasteiger partial charge in [0.2, 0.25) is 0 Å². The molecule has 0 bridgehead atoms. The summed E-state index contributed by atoms with van der Waals surface area (Å²) in [6.07, 6.45) is 0.680. The van der Waals surface area contributed by atoms with Gasteiger partial charge >= 0.3 is 0 Å². The molecule has 1 N–H and O–H groups in total. The van der Waals surface area contributed by atoms with E-state index in [4.69, 9.17) is 0 Å². The smallest absolute Gasteiger partial charge is 0.282 e. The second kappa shape index (κ2) is 4.13. The Morgan fingerprint density at radius 1 is 1.32 bits per heavy atom. The van der Waals surface area contributed by atoms with Crippen molar-refractivity contribution in [3.8, 4) is 0 Å². The number of hydrogen-bond acceptors (Lipinski definition) is 5. The van der Waals surface area contributed by atoms with Crippen LogP contribution in [0.4, 0.5) is 5.69 Å². The van der Waals surface area contributed by atoms with Gasteiger partial charge in [-0.3, -0.25) is 24.6 Å². The monoisotopic (exact) mass is 261 g/mol. The summed E-state index contributed by atoms with van der Waals surface area (Å²) in [5.74, 6) is -0.988. The van der Waals surface area contributed by atoms with E-state index in [1.807, 2.05) is 0 Å². The van der Waals surface area contributed by atoms with Gasteiger partial charge in [-0.15, -0.1) is 0 Å². The molecule has 0 unspecified atom stereocenters. The molecule has 7 nitrogen and oxygen atoms in total. The fourth-order valence-corrected chi connectivity index (χ4v) is 2.63. The molecule has 0 aromatic heterocycles. The standard InChI is InChI=1S/C12H11N3O4/c16-11-8-2-1-3-9(15(18)19)10(8)12(17)14(11)7-4-5-13-6-7/h1-3,7,13H,4-6H2/t7-/m1/s1. The number of carbonyl (C=O) groups excluding carboxylic acids is 2. The summed E-state index contributed by atoms with van der Waals surface area (Å²) in [5, 5.41) is 14.0. The molecule has 2 aliphatic rings. The lowest BCUT2D eigenvalue weighted by Crippen LogP contribution is -2.41. The first kappa shape index (κ1) is 11.8. The van der Waals surface area contributed by atoms with E-state index in [9.17, 15) is 19.7 Å². The van der Waals surface area contributed by atoms with E-state index in [1.165, 1.54) is 18.2 Å². The minimum Gasteiger partial charge on any atom is -0.315 e. The van der Waals surface area contributed by atoms with Crippen molar-refractivity contribution >= 4 is 17.5 Å². The summed E-state index contributed by atoms with van der Waals surface area (Å²) in [5.41, 5.74) is -0.250. The fraction of sp³-hybridized carbons (Fsp3) is 0.333. The van der Waals surface area contributed by atoms with Gasteiger partial charge < -0.3 is 5.32 Å². The minimum absolute atomic E-state index is 0.0793. The number of amides is 2. The minimum atomic E-state index is -0.625. The van der Waals surface area contributed by atoms with Crippen molar-refractivity contribution in [1.82, 2.24) is 10.2 Å². The van der Waals surface area contributed by atoms with Crippen molar-refractivity contribution in [3.05, 3.63) is 39.4 Å². The molecule has 1 atom stereocenters. The van der Waals surface area contributed by atoms with Crippen LogP contribution in [0.1, 0.15) is 27.1 Å². The van der Waals surface area contributed by atoms with Gasteiger partial charge in [0.1, 0.15) is 5.56 Å². The van der Waals surface area contributed by atoms with Gasteiger partial charge in [-0.1, -0.05) is 6.07 Å². The molecule has 1 fully saturated rings. The van der Waals surface area contributed by atoms with E-state index in [0.717, 1.165) is 11.4 Å². The molecule has 0 spiro atoms. The maximum Gasteiger partial charge on any atom is 0.282 e. The van der Waals surface area contributed by atoms with Crippen LogP contribution in [0.25, 0.3) is 0 Å².